The highest BCUT2D eigenvalue weighted by molar-refractivity contribution is 4.79. The summed E-state index contributed by atoms with van der Waals surface area (Å²) in [5.41, 5.74) is 0. The summed E-state index contributed by atoms with van der Waals surface area (Å²) >= 11 is 0. The Hall–Kier alpha value is -0.120. The second-order valence-corrected chi connectivity index (χ2v) is 6.32. The third-order valence-corrected chi connectivity index (χ3v) is 4.88. The van der Waals surface area contributed by atoms with Crippen LogP contribution < -0.4 is 5.32 Å². The Kier molecular flexibility index (Phi) is 6.62. The molecule has 0 aromatic rings. The predicted molar refractivity (Wildman–Crippen MR) is 80.5 cm³/mol. The van der Waals surface area contributed by atoms with Gasteiger partial charge in [0.25, 0.3) is 0 Å². The number of rotatable bonds is 6. The lowest BCUT2D eigenvalue weighted by atomic mass is 9.86. The molecule has 1 saturated heterocycles. The van der Waals surface area contributed by atoms with Crippen LogP contribution >= 0.6 is 0 Å². The number of nitrogens with one attached hydrogen (secondary N) is 1. The van der Waals surface area contributed by atoms with Gasteiger partial charge < -0.3 is 15.0 Å². The maximum atomic E-state index is 5.70. The molecule has 0 radical (unpaired) electrons. The molecular weight excluding hydrogens is 236 g/mol. The molecule has 2 aliphatic rings. The van der Waals surface area contributed by atoms with Crippen LogP contribution in [0.25, 0.3) is 0 Å². The maximum Gasteiger partial charge on any atom is 0.0599 e. The Balaban J connectivity index is 1.56. The van der Waals surface area contributed by atoms with Gasteiger partial charge in [-0.1, -0.05) is 19.8 Å². The first-order valence-electron chi connectivity index (χ1n) is 8.37. The van der Waals surface area contributed by atoms with Crippen LogP contribution in [-0.4, -0.2) is 49.8 Å². The molecule has 1 aliphatic heterocycles. The molecule has 1 N–H and O–H groups in total. The van der Waals surface area contributed by atoms with E-state index in [-0.39, 0.29) is 0 Å². The van der Waals surface area contributed by atoms with E-state index in [1.54, 1.807) is 0 Å². The molecule has 2 rings (SSSR count). The van der Waals surface area contributed by atoms with Gasteiger partial charge in [-0.2, -0.15) is 0 Å². The lowest BCUT2D eigenvalue weighted by molar-refractivity contribution is 0.0143. The third-order valence-electron chi connectivity index (χ3n) is 4.88. The van der Waals surface area contributed by atoms with Crippen molar-refractivity contribution in [1.29, 1.82) is 0 Å². The summed E-state index contributed by atoms with van der Waals surface area (Å²) in [6.07, 6.45) is 8.60. The van der Waals surface area contributed by atoms with E-state index >= 15 is 0 Å². The molecule has 1 aliphatic carbocycles. The van der Waals surface area contributed by atoms with Gasteiger partial charge in [0.15, 0.2) is 0 Å². The quantitative estimate of drug-likeness (QED) is 0.801. The van der Waals surface area contributed by atoms with Gasteiger partial charge in [-0.15, -0.1) is 0 Å². The molecule has 19 heavy (non-hydrogen) atoms. The third kappa shape index (κ3) is 5.05. The number of piperidine rings is 1. The van der Waals surface area contributed by atoms with E-state index < -0.39 is 0 Å². The van der Waals surface area contributed by atoms with Crippen LogP contribution in [0.3, 0.4) is 0 Å². The Morgan fingerprint density at radius 2 is 1.84 bits per heavy atom. The van der Waals surface area contributed by atoms with Crippen molar-refractivity contribution < 1.29 is 4.74 Å². The first kappa shape index (κ1) is 15.3. The lowest BCUT2D eigenvalue weighted by Crippen LogP contribution is -2.44. The van der Waals surface area contributed by atoms with Crippen molar-refractivity contribution in [3.05, 3.63) is 0 Å². The van der Waals surface area contributed by atoms with E-state index in [0.29, 0.717) is 6.10 Å². The highest BCUT2D eigenvalue weighted by Gasteiger charge is 2.22. The molecule has 0 aromatic carbocycles. The molecule has 1 heterocycles. The van der Waals surface area contributed by atoms with Gasteiger partial charge in [-0.3, -0.25) is 0 Å². The second kappa shape index (κ2) is 8.23. The van der Waals surface area contributed by atoms with Crippen LogP contribution in [0.15, 0.2) is 0 Å². The summed E-state index contributed by atoms with van der Waals surface area (Å²) in [6.45, 7) is 10.2. The molecule has 3 nitrogen and oxygen atoms in total. The molecule has 0 bridgehead atoms. The molecule has 112 valence electrons. The molecule has 2 fully saturated rings. The molecule has 0 amide bonds. The minimum Gasteiger partial charge on any atom is -0.378 e. The van der Waals surface area contributed by atoms with E-state index in [9.17, 15) is 0 Å². The standard InChI is InChI=1S/C16H32N2O/c1-3-19-15-8-11-18(12-9-15)13-10-17-16-7-5-4-6-14(16)2/h14-17H,3-13H2,1-2H3. The zero-order valence-electron chi connectivity index (χ0n) is 12.9. The zero-order chi connectivity index (χ0) is 13.5. The van der Waals surface area contributed by atoms with Crippen molar-refractivity contribution in [3.63, 3.8) is 0 Å². The van der Waals surface area contributed by atoms with E-state index in [1.807, 2.05) is 0 Å². The molecule has 0 aromatic heterocycles. The topological polar surface area (TPSA) is 24.5 Å². The van der Waals surface area contributed by atoms with Gasteiger partial charge in [-0.25, -0.2) is 0 Å². The van der Waals surface area contributed by atoms with Crippen molar-refractivity contribution in [1.82, 2.24) is 10.2 Å². The van der Waals surface area contributed by atoms with E-state index in [2.05, 4.69) is 24.1 Å². The number of nitrogens with zero attached hydrogens (tertiary/aromatic N) is 1. The fourth-order valence-corrected chi connectivity index (χ4v) is 3.56. The predicted octanol–water partition coefficient (Wildman–Crippen LogP) is 2.66. The van der Waals surface area contributed by atoms with Gasteiger partial charge in [0.1, 0.15) is 0 Å². The van der Waals surface area contributed by atoms with E-state index in [0.717, 1.165) is 25.1 Å². The molecule has 2 atom stereocenters. The summed E-state index contributed by atoms with van der Waals surface area (Å²) < 4.78 is 5.70. The monoisotopic (exact) mass is 268 g/mol. The van der Waals surface area contributed by atoms with Gasteiger partial charge in [0, 0.05) is 38.8 Å². The fourth-order valence-electron chi connectivity index (χ4n) is 3.56. The molecular formula is C16H32N2O. The first-order valence-corrected chi connectivity index (χ1v) is 8.37. The minimum atomic E-state index is 0.521. The SMILES string of the molecule is CCOC1CCN(CCNC2CCCCC2C)CC1. The number of likely N-dealkylation sites (tertiary alicyclic amines) is 1. The zero-order valence-corrected chi connectivity index (χ0v) is 12.9. The van der Waals surface area contributed by atoms with Crippen molar-refractivity contribution in [3.8, 4) is 0 Å². The van der Waals surface area contributed by atoms with Crippen LogP contribution in [0.5, 0.6) is 0 Å². The van der Waals surface area contributed by atoms with Crippen LogP contribution in [0.1, 0.15) is 52.4 Å². The van der Waals surface area contributed by atoms with Crippen molar-refractivity contribution in [2.24, 2.45) is 5.92 Å². The Morgan fingerprint density at radius 3 is 2.53 bits per heavy atom. The van der Waals surface area contributed by atoms with Gasteiger partial charge in [0.05, 0.1) is 6.10 Å². The lowest BCUT2D eigenvalue weighted by Gasteiger charge is -2.33. The number of ether oxygens (including phenoxy) is 1. The highest BCUT2D eigenvalue weighted by atomic mass is 16.5. The number of hydrogen-bond acceptors (Lipinski definition) is 3. The second-order valence-electron chi connectivity index (χ2n) is 6.32. The van der Waals surface area contributed by atoms with Crippen LogP contribution in [0.4, 0.5) is 0 Å². The Bertz CT molecular complexity index is 239. The number of hydrogen-bond donors (Lipinski definition) is 1. The molecule has 2 unspecified atom stereocenters. The molecule has 1 saturated carbocycles. The fraction of sp³-hybridized carbons (Fsp3) is 1.00. The summed E-state index contributed by atoms with van der Waals surface area (Å²) in [4.78, 5) is 2.59. The summed E-state index contributed by atoms with van der Waals surface area (Å²) in [5, 5.41) is 3.78. The maximum absolute atomic E-state index is 5.70. The van der Waals surface area contributed by atoms with Crippen LogP contribution in [0.2, 0.25) is 0 Å². The van der Waals surface area contributed by atoms with Gasteiger partial charge in [-0.05, 0) is 38.5 Å². The first-order chi connectivity index (χ1) is 9.29. The molecule has 0 spiro atoms. The molecule has 3 heteroatoms. The van der Waals surface area contributed by atoms with Crippen molar-refractivity contribution in [2.75, 3.05) is 32.8 Å². The van der Waals surface area contributed by atoms with Crippen LogP contribution in [0, 0.1) is 5.92 Å². The van der Waals surface area contributed by atoms with E-state index in [1.165, 1.54) is 58.2 Å². The summed E-state index contributed by atoms with van der Waals surface area (Å²) in [5.74, 6) is 0.873. The Morgan fingerprint density at radius 1 is 1.11 bits per heavy atom. The average Bonchev–Trinajstić information content (AvgIpc) is 2.43. The average molecular weight is 268 g/mol. The Labute approximate surface area is 119 Å². The van der Waals surface area contributed by atoms with Gasteiger partial charge in [0.2, 0.25) is 0 Å². The highest BCUT2D eigenvalue weighted by Crippen LogP contribution is 2.23. The smallest absolute Gasteiger partial charge is 0.0599 e. The van der Waals surface area contributed by atoms with Gasteiger partial charge >= 0.3 is 0 Å². The van der Waals surface area contributed by atoms with Crippen molar-refractivity contribution >= 4 is 0 Å². The van der Waals surface area contributed by atoms with E-state index in [4.69, 9.17) is 4.74 Å². The normalized spacial score (nSPS) is 30.6. The summed E-state index contributed by atoms with van der Waals surface area (Å²) in [7, 11) is 0. The van der Waals surface area contributed by atoms with Crippen LogP contribution in [-0.2, 0) is 4.74 Å². The van der Waals surface area contributed by atoms with Crippen molar-refractivity contribution in [2.45, 2.75) is 64.5 Å². The summed E-state index contributed by atoms with van der Waals surface area (Å²) in [6, 6.07) is 0.773. The largest absolute Gasteiger partial charge is 0.378 e. The minimum absolute atomic E-state index is 0.521.